The summed E-state index contributed by atoms with van der Waals surface area (Å²) in [6.07, 6.45) is 3.31. The van der Waals surface area contributed by atoms with Crippen molar-refractivity contribution in [3.05, 3.63) is 0 Å². The Balaban J connectivity index is 2.60. The number of carbonyl (C=O) groups excluding carboxylic acids is 1. The first-order valence-electron chi connectivity index (χ1n) is 6.82. The van der Waals surface area contributed by atoms with E-state index in [1.807, 2.05) is 13.8 Å². The van der Waals surface area contributed by atoms with E-state index in [-0.39, 0.29) is 17.7 Å². The minimum atomic E-state index is -3.07. The Kier molecular flexibility index (Phi) is 5.38. The van der Waals surface area contributed by atoms with E-state index in [9.17, 15) is 13.2 Å². The van der Waals surface area contributed by atoms with Crippen molar-refractivity contribution in [2.24, 2.45) is 11.3 Å². The fourth-order valence-electron chi connectivity index (χ4n) is 2.56. The molecule has 19 heavy (non-hydrogen) atoms. The summed E-state index contributed by atoms with van der Waals surface area (Å²) >= 11 is 0. The van der Waals surface area contributed by atoms with Crippen LogP contribution in [0.25, 0.3) is 0 Å². The fraction of sp³-hybridized carbons (Fsp3) is 0.923. The van der Waals surface area contributed by atoms with Gasteiger partial charge in [0.1, 0.15) is 9.84 Å². The summed E-state index contributed by atoms with van der Waals surface area (Å²) in [6.45, 7) is 7.47. The van der Waals surface area contributed by atoms with E-state index < -0.39 is 15.3 Å². The van der Waals surface area contributed by atoms with E-state index in [0.717, 1.165) is 25.9 Å². The van der Waals surface area contributed by atoms with Gasteiger partial charge in [-0.1, -0.05) is 13.8 Å². The zero-order valence-corrected chi connectivity index (χ0v) is 13.1. The van der Waals surface area contributed by atoms with Gasteiger partial charge in [0.15, 0.2) is 0 Å². The van der Waals surface area contributed by atoms with Crippen LogP contribution in [-0.4, -0.2) is 45.5 Å². The predicted octanol–water partition coefficient (Wildman–Crippen LogP) is 0.562. The van der Waals surface area contributed by atoms with E-state index in [0.29, 0.717) is 5.92 Å². The lowest BCUT2D eigenvalue weighted by Gasteiger charge is -2.36. The number of amides is 1. The van der Waals surface area contributed by atoms with Crippen LogP contribution in [0.4, 0.5) is 0 Å². The monoisotopic (exact) mass is 290 g/mol. The summed E-state index contributed by atoms with van der Waals surface area (Å²) in [5, 5.41) is 6.14. The second-order valence-corrected chi connectivity index (χ2v) is 8.42. The van der Waals surface area contributed by atoms with Gasteiger partial charge in [-0.3, -0.25) is 4.79 Å². The standard InChI is InChI=1S/C13H26N2O3S/c1-10(9-19(4,17)18)15-12(16)13(2,3)11-6-5-7-14-8-11/h10-11,14H,5-9H2,1-4H3,(H,15,16). The molecular formula is C13H26N2O3S. The fourth-order valence-corrected chi connectivity index (χ4v) is 3.55. The summed E-state index contributed by atoms with van der Waals surface area (Å²) in [5.41, 5.74) is -0.473. The molecule has 0 bridgehead atoms. The van der Waals surface area contributed by atoms with Gasteiger partial charge in [-0.2, -0.15) is 0 Å². The average Bonchev–Trinajstić information content (AvgIpc) is 2.27. The van der Waals surface area contributed by atoms with Gasteiger partial charge < -0.3 is 10.6 Å². The maximum Gasteiger partial charge on any atom is 0.226 e. The molecule has 1 aliphatic heterocycles. The van der Waals surface area contributed by atoms with Gasteiger partial charge in [-0.25, -0.2) is 8.42 Å². The highest BCUT2D eigenvalue weighted by Gasteiger charge is 2.37. The molecule has 0 saturated carbocycles. The highest BCUT2D eigenvalue weighted by Crippen LogP contribution is 2.32. The van der Waals surface area contributed by atoms with E-state index in [2.05, 4.69) is 10.6 Å². The van der Waals surface area contributed by atoms with Gasteiger partial charge >= 0.3 is 0 Å². The maximum absolute atomic E-state index is 12.3. The SMILES string of the molecule is CC(CS(C)(=O)=O)NC(=O)C(C)(C)C1CCCNC1. The van der Waals surface area contributed by atoms with E-state index in [4.69, 9.17) is 0 Å². The molecule has 5 nitrogen and oxygen atoms in total. The molecule has 2 N–H and O–H groups in total. The molecule has 0 spiro atoms. The Bertz CT molecular complexity index is 412. The van der Waals surface area contributed by atoms with Gasteiger partial charge in [-0.15, -0.1) is 0 Å². The Morgan fingerprint density at radius 2 is 2.11 bits per heavy atom. The minimum absolute atomic E-state index is 0.0161. The van der Waals surface area contributed by atoms with Crippen molar-refractivity contribution in [3.8, 4) is 0 Å². The molecule has 1 fully saturated rings. The largest absolute Gasteiger partial charge is 0.352 e. The molecule has 0 radical (unpaired) electrons. The van der Waals surface area contributed by atoms with Gasteiger partial charge in [0.05, 0.1) is 5.75 Å². The van der Waals surface area contributed by atoms with Crippen molar-refractivity contribution in [2.75, 3.05) is 25.1 Å². The van der Waals surface area contributed by atoms with Crippen LogP contribution < -0.4 is 10.6 Å². The number of nitrogens with one attached hydrogen (secondary N) is 2. The topological polar surface area (TPSA) is 75.3 Å². The average molecular weight is 290 g/mol. The van der Waals surface area contributed by atoms with Crippen LogP contribution in [0.3, 0.4) is 0 Å². The van der Waals surface area contributed by atoms with Crippen LogP contribution in [0.5, 0.6) is 0 Å². The van der Waals surface area contributed by atoms with Crippen molar-refractivity contribution in [1.29, 1.82) is 0 Å². The molecular weight excluding hydrogens is 264 g/mol. The first-order chi connectivity index (χ1) is 8.63. The van der Waals surface area contributed by atoms with E-state index >= 15 is 0 Å². The lowest BCUT2D eigenvalue weighted by atomic mass is 9.74. The van der Waals surface area contributed by atoms with Gasteiger partial charge in [0, 0.05) is 17.7 Å². The highest BCUT2D eigenvalue weighted by molar-refractivity contribution is 7.90. The molecule has 1 rings (SSSR count). The lowest BCUT2D eigenvalue weighted by molar-refractivity contribution is -0.133. The zero-order valence-electron chi connectivity index (χ0n) is 12.3. The summed E-state index contributed by atoms with van der Waals surface area (Å²) in [5.74, 6) is 0.224. The second kappa shape index (κ2) is 6.22. The molecule has 0 aromatic rings. The summed E-state index contributed by atoms with van der Waals surface area (Å²) in [4.78, 5) is 12.3. The summed E-state index contributed by atoms with van der Waals surface area (Å²) < 4.78 is 22.4. The smallest absolute Gasteiger partial charge is 0.226 e. The van der Waals surface area contributed by atoms with E-state index in [1.54, 1.807) is 6.92 Å². The normalized spacial score (nSPS) is 22.8. The van der Waals surface area contributed by atoms with Crippen LogP contribution in [-0.2, 0) is 14.6 Å². The molecule has 1 saturated heterocycles. The molecule has 112 valence electrons. The molecule has 6 heteroatoms. The van der Waals surface area contributed by atoms with Gasteiger partial charge in [-0.05, 0) is 38.8 Å². The molecule has 0 aromatic heterocycles. The van der Waals surface area contributed by atoms with Crippen molar-refractivity contribution < 1.29 is 13.2 Å². The van der Waals surface area contributed by atoms with Gasteiger partial charge in [0.25, 0.3) is 0 Å². The van der Waals surface area contributed by atoms with Crippen LogP contribution >= 0.6 is 0 Å². The minimum Gasteiger partial charge on any atom is -0.352 e. The Morgan fingerprint density at radius 1 is 1.47 bits per heavy atom. The number of piperidine rings is 1. The number of hydrogen-bond acceptors (Lipinski definition) is 4. The van der Waals surface area contributed by atoms with Crippen LogP contribution in [0, 0.1) is 11.3 Å². The van der Waals surface area contributed by atoms with Gasteiger partial charge in [0.2, 0.25) is 5.91 Å². The Hall–Kier alpha value is -0.620. The second-order valence-electron chi connectivity index (χ2n) is 6.23. The van der Waals surface area contributed by atoms with Crippen LogP contribution in [0.15, 0.2) is 0 Å². The van der Waals surface area contributed by atoms with Crippen LogP contribution in [0.2, 0.25) is 0 Å². The maximum atomic E-state index is 12.3. The summed E-state index contributed by atoms with van der Waals surface area (Å²) in [7, 11) is -3.07. The molecule has 1 amide bonds. The number of hydrogen-bond donors (Lipinski definition) is 2. The summed E-state index contributed by atoms with van der Waals surface area (Å²) in [6, 6.07) is -0.349. The van der Waals surface area contributed by atoms with Crippen molar-refractivity contribution in [1.82, 2.24) is 10.6 Å². The Morgan fingerprint density at radius 3 is 2.58 bits per heavy atom. The molecule has 1 aliphatic rings. The first kappa shape index (κ1) is 16.4. The van der Waals surface area contributed by atoms with Crippen molar-refractivity contribution >= 4 is 15.7 Å². The van der Waals surface area contributed by atoms with Crippen molar-refractivity contribution in [3.63, 3.8) is 0 Å². The third-order valence-corrected chi connectivity index (χ3v) is 4.94. The quantitative estimate of drug-likeness (QED) is 0.776. The lowest BCUT2D eigenvalue weighted by Crippen LogP contribution is -2.50. The third kappa shape index (κ3) is 5.10. The zero-order chi connectivity index (χ0) is 14.7. The first-order valence-corrected chi connectivity index (χ1v) is 8.88. The highest BCUT2D eigenvalue weighted by atomic mass is 32.2. The van der Waals surface area contributed by atoms with Crippen LogP contribution in [0.1, 0.15) is 33.6 Å². The van der Waals surface area contributed by atoms with E-state index in [1.165, 1.54) is 6.26 Å². The molecule has 1 heterocycles. The molecule has 2 unspecified atom stereocenters. The predicted molar refractivity (Wildman–Crippen MR) is 76.7 cm³/mol. The van der Waals surface area contributed by atoms with Crippen molar-refractivity contribution in [2.45, 2.75) is 39.7 Å². The Labute approximate surface area is 116 Å². The number of carbonyl (C=O) groups is 1. The molecule has 0 aromatic carbocycles. The number of rotatable bonds is 5. The molecule has 2 atom stereocenters. The third-order valence-electron chi connectivity index (χ3n) is 3.83. The molecule has 0 aliphatic carbocycles. The number of sulfone groups is 1.